The molecule has 5 nitrogen and oxygen atoms in total. The molecular weight excluding hydrogens is 320 g/mol. The van der Waals surface area contributed by atoms with Gasteiger partial charge in [0.1, 0.15) is 5.01 Å². The number of piperazine rings is 1. The molecule has 2 aliphatic rings. The number of carbonyl (C=O) groups is 1. The number of urea groups is 1. The first-order valence-electron chi connectivity index (χ1n) is 8.56. The highest BCUT2D eigenvalue weighted by atomic mass is 32.1. The summed E-state index contributed by atoms with van der Waals surface area (Å²) in [6, 6.07) is 10.5. The highest BCUT2D eigenvalue weighted by molar-refractivity contribution is 7.09. The van der Waals surface area contributed by atoms with Gasteiger partial charge in [0.05, 0.1) is 6.04 Å². The lowest BCUT2D eigenvalue weighted by atomic mass is 10.2. The third kappa shape index (κ3) is 3.38. The van der Waals surface area contributed by atoms with Crippen molar-refractivity contribution in [2.45, 2.75) is 18.9 Å². The highest BCUT2D eigenvalue weighted by Crippen LogP contribution is 2.41. The average Bonchev–Trinajstić information content (AvgIpc) is 3.34. The molecule has 6 heteroatoms. The van der Waals surface area contributed by atoms with Gasteiger partial charge < -0.3 is 15.1 Å². The molecule has 1 saturated heterocycles. The minimum atomic E-state index is 0.0508. The van der Waals surface area contributed by atoms with Crippen molar-refractivity contribution in [3.8, 4) is 0 Å². The molecular formula is C18H22N4OS. The first-order chi connectivity index (χ1) is 11.8. The van der Waals surface area contributed by atoms with Crippen LogP contribution in [-0.4, -0.2) is 42.1 Å². The lowest BCUT2D eigenvalue weighted by molar-refractivity contribution is 0.188. The lowest BCUT2D eigenvalue weighted by Crippen LogP contribution is -2.52. The number of thiazole rings is 1. The molecule has 126 valence electrons. The summed E-state index contributed by atoms with van der Waals surface area (Å²) in [5.74, 6) is 0.561. The van der Waals surface area contributed by atoms with Gasteiger partial charge in [-0.15, -0.1) is 11.3 Å². The zero-order chi connectivity index (χ0) is 16.4. The van der Waals surface area contributed by atoms with E-state index in [1.807, 2.05) is 22.5 Å². The van der Waals surface area contributed by atoms with Crippen LogP contribution in [0.4, 0.5) is 10.5 Å². The predicted molar refractivity (Wildman–Crippen MR) is 96.3 cm³/mol. The molecule has 0 bridgehead atoms. The minimum absolute atomic E-state index is 0.0508. The molecule has 2 fully saturated rings. The van der Waals surface area contributed by atoms with Crippen molar-refractivity contribution in [3.05, 3.63) is 46.9 Å². The lowest BCUT2D eigenvalue weighted by Gasteiger charge is -2.36. The highest BCUT2D eigenvalue weighted by Gasteiger charge is 2.36. The van der Waals surface area contributed by atoms with Crippen molar-refractivity contribution in [3.63, 3.8) is 0 Å². The van der Waals surface area contributed by atoms with Crippen LogP contribution >= 0.6 is 11.3 Å². The summed E-state index contributed by atoms with van der Waals surface area (Å²) < 4.78 is 0. The summed E-state index contributed by atoms with van der Waals surface area (Å²) in [7, 11) is 0. The molecule has 2 aromatic rings. The Morgan fingerprint density at radius 1 is 1.17 bits per heavy atom. The fourth-order valence-electron chi connectivity index (χ4n) is 3.23. The molecule has 1 aromatic heterocycles. The Morgan fingerprint density at radius 2 is 1.92 bits per heavy atom. The monoisotopic (exact) mass is 342 g/mol. The number of amides is 2. The molecule has 2 heterocycles. The van der Waals surface area contributed by atoms with Crippen LogP contribution in [0.2, 0.25) is 0 Å². The molecule has 0 unspecified atom stereocenters. The third-order valence-electron chi connectivity index (χ3n) is 4.78. The maximum atomic E-state index is 12.7. The standard InChI is InChI=1S/C18H22N4OS/c23-18(20-16(14-6-7-14)17-19-8-13-24-17)22-11-9-21(10-12-22)15-4-2-1-3-5-15/h1-5,8,13-14,16H,6-7,9-12H2,(H,20,23)/t16-/m1/s1. The number of aromatic nitrogens is 1. The van der Waals surface area contributed by atoms with E-state index in [9.17, 15) is 4.79 Å². The number of rotatable bonds is 4. The Labute approximate surface area is 146 Å². The number of hydrogen-bond donors (Lipinski definition) is 1. The Balaban J connectivity index is 1.34. The van der Waals surface area contributed by atoms with Gasteiger partial charge in [0.2, 0.25) is 0 Å². The summed E-state index contributed by atoms with van der Waals surface area (Å²) >= 11 is 1.63. The van der Waals surface area contributed by atoms with Gasteiger partial charge in [-0.3, -0.25) is 0 Å². The molecule has 0 radical (unpaired) electrons. The number of para-hydroxylation sites is 1. The maximum Gasteiger partial charge on any atom is 0.318 e. The molecule has 24 heavy (non-hydrogen) atoms. The fourth-order valence-corrected chi connectivity index (χ4v) is 4.01. The van der Waals surface area contributed by atoms with Crippen LogP contribution in [0, 0.1) is 5.92 Å². The van der Waals surface area contributed by atoms with E-state index in [0.717, 1.165) is 31.2 Å². The van der Waals surface area contributed by atoms with Crippen molar-refractivity contribution in [1.82, 2.24) is 15.2 Å². The number of benzene rings is 1. The van der Waals surface area contributed by atoms with Gasteiger partial charge in [0.25, 0.3) is 0 Å². The minimum Gasteiger partial charge on any atom is -0.368 e. The van der Waals surface area contributed by atoms with Gasteiger partial charge in [-0.1, -0.05) is 18.2 Å². The van der Waals surface area contributed by atoms with Gasteiger partial charge in [-0.25, -0.2) is 9.78 Å². The van der Waals surface area contributed by atoms with E-state index < -0.39 is 0 Å². The van der Waals surface area contributed by atoms with Crippen molar-refractivity contribution >= 4 is 23.1 Å². The molecule has 1 N–H and O–H groups in total. The maximum absolute atomic E-state index is 12.7. The van der Waals surface area contributed by atoms with E-state index in [-0.39, 0.29) is 12.1 Å². The van der Waals surface area contributed by atoms with E-state index in [4.69, 9.17) is 0 Å². The van der Waals surface area contributed by atoms with E-state index in [0.29, 0.717) is 5.92 Å². The van der Waals surface area contributed by atoms with Crippen LogP contribution in [0.3, 0.4) is 0 Å². The Bertz CT molecular complexity index is 664. The van der Waals surface area contributed by atoms with Crippen LogP contribution in [0.25, 0.3) is 0 Å². The van der Waals surface area contributed by atoms with Gasteiger partial charge >= 0.3 is 6.03 Å². The summed E-state index contributed by atoms with van der Waals surface area (Å²) in [5.41, 5.74) is 1.23. The zero-order valence-electron chi connectivity index (χ0n) is 13.6. The van der Waals surface area contributed by atoms with Crippen LogP contribution < -0.4 is 10.2 Å². The van der Waals surface area contributed by atoms with Crippen molar-refractivity contribution in [1.29, 1.82) is 0 Å². The van der Waals surface area contributed by atoms with E-state index in [1.54, 1.807) is 11.3 Å². The van der Waals surface area contributed by atoms with Gasteiger partial charge in [0, 0.05) is 43.4 Å². The summed E-state index contributed by atoms with van der Waals surface area (Å²) in [5, 5.41) is 6.24. The zero-order valence-corrected chi connectivity index (χ0v) is 14.4. The second-order valence-electron chi connectivity index (χ2n) is 6.44. The summed E-state index contributed by atoms with van der Waals surface area (Å²) in [6.07, 6.45) is 4.19. The quantitative estimate of drug-likeness (QED) is 0.929. The Kier molecular flexibility index (Phi) is 4.38. The average molecular weight is 342 g/mol. The Morgan fingerprint density at radius 3 is 2.54 bits per heavy atom. The second-order valence-corrected chi connectivity index (χ2v) is 7.37. The van der Waals surface area contributed by atoms with Crippen LogP contribution in [0.5, 0.6) is 0 Å². The SMILES string of the molecule is O=C(N[C@@H](c1nccs1)C1CC1)N1CCN(c2ccccc2)CC1. The molecule has 1 saturated carbocycles. The molecule has 1 aliphatic heterocycles. The van der Waals surface area contributed by atoms with E-state index in [2.05, 4.69) is 39.5 Å². The fraction of sp³-hybridized carbons (Fsp3) is 0.444. The number of nitrogens with one attached hydrogen (secondary N) is 1. The second kappa shape index (κ2) is 6.81. The normalized spacial score (nSPS) is 19.2. The molecule has 1 aromatic carbocycles. The van der Waals surface area contributed by atoms with Crippen molar-refractivity contribution in [2.75, 3.05) is 31.1 Å². The third-order valence-corrected chi connectivity index (χ3v) is 5.64. The molecule has 1 atom stereocenters. The van der Waals surface area contributed by atoms with Gasteiger partial charge in [-0.2, -0.15) is 0 Å². The van der Waals surface area contributed by atoms with Gasteiger partial charge in [-0.05, 0) is 30.9 Å². The largest absolute Gasteiger partial charge is 0.368 e. The van der Waals surface area contributed by atoms with Gasteiger partial charge in [0.15, 0.2) is 0 Å². The Hall–Kier alpha value is -2.08. The first kappa shape index (κ1) is 15.4. The molecule has 1 aliphatic carbocycles. The number of nitrogens with zero attached hydrogens (tertiary/aromatic N) is 3. The molecule has 2 amide bonds. The number of hydrogen-bond acceptors (Lipinski definition) is 4. The summed E-state index contributed by atoms with van der Waals surface area (Å²) in [6.45, 7) is 3.28. The predicted octanol–water partition coefficient (Wildman–Crippen LogP) is 3.13. The number of anilines is 1. The van der Waals surface area contributed by atoms with E-state index in [1.165, 1.54) is 18.5 Å². The summed E-state index contributed by atoms with van der Waals surface area (Å²) in [4.78, 5) is 21.3. The smallest absolute Gasteiger partial charge is 0.318 e. The van der Waals surface area contributed by atoms with Crippen molar-refractivity contribution < 1.29 is 4.79 Å². The van der Waals surface area contributed by atoms with Crippen LogP contribution in [0.1, 0.15) is 23.9 Å². The topological polar surface area (TPSA) is 48.5 Å². The molecule has 4 rings (SSSR count). The van der Waals surface area contributed by atoms with Crippen LogP contribution in [0.15, 0.2) is 41.9 Å². The first-order valence-corrected chi connectivity index (χ1v) is 9.44. The number of carbonyl (C=O) groups excluding carboxylic acids is 1. The van der Waals surface area contributed by atoms with Crippen molar-refractivity contribution in [2.24, 2.45) is 5.92 Å². The van der Waals surface area contributed by atoms with E-state index >= 15 is 0 Å². The molecule has 0 spiro atoms. The van der Waals surface area contributed by atoms with Crippen LogP contribution in [-0.2, 0) is 0 Å².